The van der Waals surface area contributed by atoms with Crippen LogP contribution in [0.1, 0.15) is 65.7 Å². The topological polar surface area (TPSA) is 0 Å². The molecule has 86 valence electrons. The zero-order valence-corrected chi connectivity index (χ0v) is 12.1. The average Bonchev–Trinajstić information content (AvgIpc) is 2.21. The summed E-state index contributed by atoms with van der Waals surface area (Å²) < 4.78 is 0. The summed E-state index contributed by atoms with van der Waals surface area (Å²) in [5.74, 6) is 1.02. The van der Waals surface area contributed by atoms with Crippen LogP contribution in [0.3, 0.4) is 0 Å². The first kappa shape index (κ1) is 14.2. The maximum atomic E-state index is 2.41. The predicted molar refractivity (Wildman–Crippen MR) is 71.0 cm³/mol. The quantitative estimate of drug-likeness (QED) is 0.373. The van der Waals surface area contributed by atoms with E-state index in [1.807, 2.05) is 0 Å². The molecule has 1 unspecified atom stereocenters. The van der Waals surface area contributed by atoms with E-state index in [0.29, 0.717) is 9.52 Å². The summed E-state index contributed by atoms with van der Waals surface area (Å²) in [6.45, 7) is 7.02. The van der Waals surface area contributed by atoms with Crippen LogP contribution in [-0.4, -0.2) is 9.52 Å². The normalized spacial score (nSPS) is 13.9. The molecule has 0 saturated heterocycles. The van der Waals surface area contributed by atoms with Gasteiger partial charge in [0, 0.05) is 9.52 Å². The van der Waals surface area contributed by atoms with Crippen molar-refractivity contribution in [3.8, 4) is 0 Å². The minimum atomic E-state index is 0.313. The van der Waals surface area contributed by atoms with Gasteiger partial charge in [0.1, 0.15) is 0 Å². The van der Waals surface area contributed by atoms with E-state index in [4.69, 9.17) is 0 Å². The van der Waals surface area contributed by atoms with Crippen LogP contribution in [-0.2, 0) is 0 Å². The lowest BCUT2D eigenvalue weighted by Gasteiger charge is -2.06. The van der Waals surface area contributed by atoms with Gasteiger partial charge in [-0.2, -0.15) is 0 Å². The number of hydrogen-bond donors (Lipinski definition) is 0. The van der Waals surface area contributed by atoms with Crippen LogP contribution >= 0.6 is 0 Å². The van der Waals surface area contributed by atoms with Gasteiger partial charge in [-0.3, -0.25) is 0 Å². The van der Waals surface area contributed by atoms with Crippen molar-refractivity contribution in [1.82, 2.24) is 0 Å². The van der Waals surface area contributed by atoms with E-state index in [0.717, 1.165) is 5.92 Å². The van der Waals surface area contributed by atoms with E-state index in [-0.39, 0.29) is 0 Å². The van der Waals surface area contributed by atoms with Gasteiger partial charge >= 0.3 is 0 Å². The van der Waals surface area contributed by atoms with E-state index in [1.54, 1.807) is 12.1 Å². The molecule has 0 bridgehead atoms. The van der Waals surface area contributed by atoms with Gasteiger partial charge in [-0.05, 0) is 5.92 Å². The molecular weight excluding hydrogens is 184 g/mol. The molecule has 0 aromatic rings. The Hall–Kier alpha value is 0.217. The molecule has 1 atom stereocenters. The molecule has 14 heavy (non-hydrogen) atoms. The Balaban J connectivity index is 2.92. The smallest absolute Gasteiger partial charge is 0.0200 e. The van der Waals surface area contributed by atoms with Gasteiger partial charge in [0.05, 0.1) is 0 Å². The Morgan fingerprint density at radius 1 is 0.929 bits per heavy atom. The molecule has 0 aromatic carbocycles. The number of unbranched alkanes of at least 4 members (excludes halogenated alkanes) is 5. The van der Waals surface area contributed by atoms with Crippen LogP contribution in [0, 0.1) is 5.92 Å². The third-order valence-corrected chi connectivity index (χ3v) is 5.64. The van der Waals surface area contributed by atoms with E-state index in [2.05, 4.69) is 20.8 Å². The molecular formula is C13H30Si. The van der Waals surface area contributed by atoms with Crippen molar-refractivity contribution in [2.24, 2.45) is 5.92 Å². The minimum absolute atomic E-state index is 0.313. The highest BCUT2D eigenvalue weighted by Gasteiger charge is 1.98. The van der Waals surface area contributed by atoms with Gasteiger partial charge in [0.25, 0.3) is 0 Å². The first-order valence-corrected chi connectivity index (χ1v) is 8.81. The highest BCUT2D eigenvalue weighted by Crippen LogP contribution is 2.11. The van der Waals surface area contributed by atoms with Crippen molar-refractivity contribution < 1.29 is 0 Å². The summed E-state index contributed by atoms with van der Waals surface area (Å²) in [5, 5.41) is 0. The summed E-state index contributed by atoms with van der Waals surface area (Å²) in [6, 6.07) is 3.20. The Kier molecular flexibility index (Phi) is 11.5. The first-order valence-electron chi connectivity index (χ1n) is 6.81. The van der Waals surface area contributed by atoms with Gasteiger partial charge < -0.3 is 0 Å². The Morgan fingerprint density at radius 3 is 2.21 bits per heavy atom. The summed E-state index contributed by atoms with van der Waals surface area (Å²) in [5.41, 5.74) is 0. The highest BCUT2D eigenvalue weighted by molar-refractivity contribution is 6.35. The molecule has 1 heteroatoms. The van der Waals surface area contributed by atoms with Crippen LogP contribution in [0.25, 0.3) is 0 Å². The summed E-state index contributed by atoms with van der Waals surface area (Å²) in [7, 11) is 0.313. The lowest BCUT2D eigenvalue weighted by Crippen LogP contribution is -1.98. The van der Waals surface area contributed by atoms with E-state index in [1.165, 1.54) is 44.9 Å². The maximum Gasteiger partial charge on any atom is 0.0200 e. The number of hydrogen-bond acceptors (Lipinski definition) is 0. The van der Waals surface area contributed by atoms with Crippen molar-refractivity contribution in [3.63, 3.8) is 0 Å². The van der Waals surface area contributed by atoms with Crippen LogP contribution in [0.5, 0.6) is 0 Å². The standard InChI is InChI=1S/C13H30Si/c1-4-6-7-8-9-10-11-14-12-13(3)5-2/h13H,4-12,14H2,1-3H3. The van der Waals surface area contributed by atoms with E-state index >= 15 is 0 Å². The van der Waals surface area contributed by atoms with Crippen molar-refractivity contribution in [1.29, 1.82) is 0 Å². The molecule has 0 saturated carbocycles. The van der Waals surface area contributed by atoms with E-state index < -0.39 is 0 Å². The van der Waals surface area contributed by atoms with Crippen LogP contribution in [0.15, 0.2) is 0 Å². The van der Waals surface area contributed by atoms with Crippen molar-refractivity contribution in [2.75, 3.05) is 0 Å². The van der Waals surface area contributed by atoms with Gasteiger partial charge in [-0.25, -0.2) is 0 Å². The second-order valence-electron chi connectivity index (χ2n) is 4.78. The second-order valence-corrected chi connectivity index (χ2v) is 6.77. The van der Waals surface area contributed by atoms with Crippen LogP contribution < -0.4 is 0 Å². The Morgan fingerprint density at radius 2 is 1.57 bits per heavy atom. The Bertz CT molecular complexity index is 101. The molecule has 0 aromatic heterocycles. The van der Waals surface area contributed by atoms with Gasteiger partial charge in [0.15, 0.2) is 0 Å². The lowest BCUT2D eigenvalue weighted by atomic mass is 10.1. The molecule has 0 radical (unpaired) electrons. The monoisotopic (exact) mass is 214 g/mol. The highest BCUT2D eigenvalue weighted by atomic mass is 28.2. The number of rotatable bonds is 10. The fourth-order valence-corrected chi connectivity index (χ4v) is 3.93. The third-order valence-electron chi connectivity index (χ3n) is 3.25. The Labute approximate surface area is 93.7 Å². The van der Waals surface area contributed by atoms with Crippen molar-refractivity contribution in [2.45, 2.75) is 77.8 Å². The molecule has 0 amide bonds. The van der Waals surface area contributed by atoms with Crippen LogP contribution in [0.2, 0.25) is 12.1 Å². The van der Waals surface area contributed by atoms with Gasteiger partial charge in [-0.1, -0.05) is 77.8 Å². The maximum absolute atomic E-state index is 2.41. The fourth-order valence-electron chi connectivity index (χ4n) is 1.83. The summed E-state index contributed by atoms with van der Waals surface area (Å²) >= 11 is 0. The molecule has 0 fully saturated rings. The van der Waals surface area contributed by atoms with Crippen molar-refractivity contribution >= 4 is 9.52 Å². The molecule has 0 rings (SSSR count). The molecule has 0 aliphatic carbocycles. The second kappa shape index (κ2) is 11.3. The molecule has 0 aliphatic rings. The molecule has 0 N–H and O–H groups in total. The average molecular weight is 214 g/mol. The SMILES string of the molecule is CCCCCCCC[SiH2]CC(C)CC. The summed E-state index contributed by atoms with van der Waals surface area (Å²) in [6.07, 6.45) is 10.2. The first-order chi connectivity index (χ1) is 6.81. The lowest BCUT2D eigenvalue weighted by molar-refractivity contribution is 0.611. The fraction of sp³-hybridized carbons (Fsp3) is 1.00. The zero-order chi connectivity index (χ0) is 10.6. The van der Waals surface area contributed by atoms with Gasteiger partial charge in [0.2, 0.25) is 0 Å². The molecule has 0 aliphatic heterocycles. The third kappa shape index (κ3) is 10.3. The summed E-state index contributed by atoms with van der Waals surface area (Å²) in [4.78, 5) is 0. The van der Waals surface area contributed by atoms with E-state index in [9.17, 15) is 0 Å². The van der Waals surface area contributed by atoms with Crippen molar-refractivity contribution in [3.05, 3.63) is 0 Å². The molecule has 0 nitrogen and oxygen atoms in total. The molecule has 0 heterocycles. The largest absolute Gasteiger partial charge is 0.0654 e. The van der Waals surface area contributed by atoms with Gasteiger partial charge in [-0.15, -0.1) is 0 Å². The predicted octanol–water partition coefficient (Wildman–Crippen LogP) is 4.40. The zero-order valence-electron chi connectivity index (χ0n) is 10.6. The van der Waals surface area contributed by atoms with Crippen LogP contribution in [0.4, 0.5) is 0 Å². The molecule has 0 spiro atoms. The minimum Gasteiger partial charge on any atom is -0.0654 e.